The molecule has 1 aromatic rings. The Morgan fingerprint density at radius 3 is 2.22 bits per heavy atom. The second kappa shape index (κ2) is 10.7. The maximum absolute atomic E-state index is 13.0. The van der Waals surface area contributed by atoms with E-state index in [4.69, 9.17) is 9.47 Å². The Bertz CT molecular complexity index is 922. The van der Waals surface area contributed by atoms with Gasteiger partial charge in [0.1, 0.15) is 11.4 Å². The Balaban J connectivity index is 1.72. The van der Waals surface area contributed by atoms with Gasteiger partial charge in [-0.05, 0) is 45.0 Å². The average Bonchev–Trinajstić information content (AvgIpc) is 2.71. The number of benzene rings is 1. The molecular weight excluding hydrogens is 445 g/mol. The van der Waals surface area contributed by atoms with Gasteiger partial charge in [-0.2, -0.15) is 4.31 Å². The third-order valence-corrected chi connectivity index (χ3v) is 6.31. The van der Waals surface area contributed by atoms with Gasteiger partial charge in [0.05, 0.1) is 11.3 Å². The van der Waals surface area contributed by atoms with Crippen LogP contribution >= 0.6 is 0 Å². The number of sulfonamides is 1. The molecule has 0 radical (unpaired) electrons. The second-order valence-electron chi connectivity index (χ2n) is 8.08. The fourth-order valence-corrected chi connectivity index (χ4v) is 4.24. The molecule has 12 heteroatoms. The SMILES string of the molecule is CC(C)(C)OC(=O)NCCC(=O)OCC(=O)N1CCN(S(=O)(=O)c2ccc(F)cc2)CC1. The van der Waals surface area contributed by atoms with E-state index >= 15 is 0 Å². The molecule has 1 aliphatic rings. The lowest BCUT2D eigenvalue weighted by molar-refractivity contribution is -0.152. The van der Waals surface area contributed by atoms with Crippen molar-refractivity contribution in [3.8, 4) is 0 Å². The Morgan fingerprint density at radius 1 is 1.06 bits per heavy atom. The molecule has 2 amide bonds. The van der Waals surface area contributed by atoms with E-state index in [1.54, 1.807) is 20.8 Å². The van der Waals surface area contributed by atoms with Crippen molar-refractivity contribution in [3.05, 3.63) is 30.1 Å². The van der Waals surface area contributed by atoms with Crippen LogP contribution in [-0.2, 0) is 29.1 Å². The molecule has 0 unspecified atom stereocenters. The van der Waals surface area contributed by atoms with Crippen molar-refractivity contribution in [2.24, 2.45) is 0 Å². The van der Waals surface area contributed by atoms with Crippen molar-refractivity contribution in [1.29, 1.82) is 0 Å². The molecule has 1 aromatic carbocycles. The van der Waals surface area contributed by atoms with E-state index in [1.807, 2.05) is 0 Å². The Hall–Kier alpha value is -2.73. The number of carbonyl (C=O) groups excluding carboxylic acids is 3. The van der Waals surface area contributed by atoms with Crippen molar-refractivity contribution in [2.75, 3.05) is 39.3 Å². The molecule has 0 atom stereocenters. The molecule has 10 nitrogen and oxygen atoms in total. The summed E-state index contributed by atoms with van der Waals surface area (Å²) in [7, 11) is -3.78. The quantitative estimate of drug-likeness (QED) is 0.589. The fraction of sp³-hybridized carbons (Fsp3) is 0.550. The lowest BCUT2D eigenvalue weighted by atomic mass is 10.2. The molecule has 1 fully saturated rings. The highest BCUT2D eigenvalue weighted by molar-refractivity contribution is 7.89. The molecule has 1 saturated heterocycles. The Morgan fingerprint density at radius 2 is 1.66 bits per heavy atom. The third-order valence-electron chi connectivity index (χ3n) is 4.40. The van der Waals surface area contributed by atoms with Gasteiger partial charge in [0, 0.05) is 32.7 Å². The van der Waals surface area contributed by atoms with Crippen molar-refractivity contribution >= 4 is 28.0 Å². The van der Waals surface area contributed by atoms with E-state index in [0.717, 1.165) is 12.1 Å². The van der Waals surface area contributed by atoms with Crippen LogP contribution in [0.4, 0.5) is 9.18 Å². The molecule has 32 heavy (non-hydrogen) atoms. The van der Waals surface area contributed by atoms with Crippen LogP contribution < -0.4 is 5.32 Å². The number of rotatable bonds is 7. The lowest BCUT2D eigenvalue weighted by Gasteiger charge is -2.33. The first-order valence-electron chi connectivity index (χ1n) is 10.0. The first-order chi connectivity index (χ1) is 14.9. The summed E-state index contributed by atoms with van der Waals surface area (Å²) in [5.41, 5.74) is -0.653. The van der Waals surface area contributed by atoms with Gasteiger partial charge in [-0.25, -0.2) is 17.6 Å². The summed E-state index contributed by atoms with van der Waals surface area (Å²) in [5, 5.41) is 2.42. The maximum atomic E-state index is 13.0. The van der Waals surface area contributed by atoms with Gasteiger partial charge in [0.25, 0.3) is 5.91 Å². The van der Waals surface area contributed by atoms with Gasteiger partial charge >= 0.3 is 12.1 Å². The number of halogens is 1. The minimum absolute atomic E-state index is 0.00184. The number of nitrogens with one attached hydrogen (secondary N) is 1. The molecule has 0 aromatic heterocycles. The molecule has 1 heterocycles. The van der Waals surface area contributed by atoms with E-state index in [0.29, 0.717) is 0 Å². The van der Waals surface area contributed by atoms with Crippen LogP contribution in [0.1, 0.15) is 27.2 Å². The molecule has 0 aliphatic carbocycles. The highest BCUT2D eigenvalue weighted by atomic mass is 32.2. The van der Waals surface area contributed by atoms with E-state index in [9.17, 15) is 27.2 Å². The number of carbonyl (C=O) groups is 3. The third kappa shape index (κ3) is 7.75. The average molecular weight is 474 g/mol. The number of piperazine rings is 1. The minimum Gasteiger partial charge on any atom is -0.456 e. The van der Waals surface area contributed by atoms with Gasteiger partial charge in [-0.3, -0.25) is 9.59 Å². The number of ether oxygens (including phenoxy) is 2. The summed E-state index contributed by atoms with van der Waals surface area (Å²) in [4.78, 5) is 36.9. The number of nitrogens with zero attached hydrogens (tertiary/aromatic N) is 2. The molecule has 178 valence electrons. The fourth-order valence-electron chi connectivity index (χ4n) is 2.82. The number of esters is 1. The van der Waals surface area contributed by atoms with E-state index in [-0.39, 0.29) is 44.0 Å². The van der Waals surface area contributed by atoms with Crippen LogP contribution in [0, 0.1) is 5.82 Å². The highest BCUT2D eigenvalue weighted by Gasteiger charge is 2.30. The first-order valence-corrected chi connectivity index (χ1v) is 11.5. The monoisotopic (exact) mass is 473 g/mol. The van der Waals surface area contributed by atoms with Crippen LogP contribution in [0.5, 0.6) is 0 Å². The zero-order valence-electron chi connectivity index (χ0n) is 18.3. The van der Waals surface area contributed by atoms with E-state index < -0.39 is 46.0 Å². The minimum atomic E-state index is -3.78. The number of hydrogen-bond acceptors (Lipinski definition) is 7. The van der Waals surface area contributed by atoms with Crippen LogP contribution in [0.2, 0.25) is 0 Å². The molecule has 2 rings (SSSR count). The molecule has 0 saturated carbocycles. The normalized spacial score (nSPS) is 15.2. The molecular formula is C20H28FN3O7S. The van der Waals surface area contributed by atoms with Gasteiger partial charge in [-0.1, -0.05) is 0 Å². The highest BCUT2D eigenvalue weighted by Crippen LogP contribution is 2.18. The van der Waals surface area contributed by atoms with Crippen molar-refractivity contribution in [3.63, 3.8) is 0 Å². The van der Waals surface area contributed by atoms with E-state index in [2.05, 4.69) is 5.32 Å². The van der Waals surface area contributed by atoms with Crippen molar-refractivity contribution in [2.45, 2.75) is 37.7 Å². The van der Waals surface area contributed by atoms with E-state index in [1.165, 1.54) is 21.3 Å². The Labute approximate surface area is 186 Å². The largest absolute Gasteiger partial charge is 0.456 e. The number of alkyl carbamates (subject to hydrolysis) is 1. The first kappa shape index (κ1) is 25.5. The van der Waals surface area contributed by atoms with Gasteiger partial charge in [0.2, 0.25) is 10.0 Å². The summed E-state index contributed by atoms with van der Waals surface area (Å²) in [6.45, 7) is 5.07. The topological polar surface area (TPSA) is 122 Å². The zero-order chi connectivity index (χ0) is 23.9. The molecule has 1 aliphatic heterocycles. The summed E-state index contributed by atoms with van der Waals surface area (Å²) in [5.74, 6) is -1.64. The predicted octanol–water partition coefficient (Wildman–Crippen LogP) is 1.12. The standard InChI is InChI=1S/C20H28FN3O7S/c1-20(2,3)31-19(27)22-9-8-18(26)30-14-17(25)23-10-12-24(13-11-23)32(28,29)16-6-4-15(21)5-7-16/h4-7H,8-14H2,1-3H3,(H,22,27). The van der Waals surface area contributed by atoms with Gasteiger partial charge in [0.15, 0.2) is 6.61 Å². The summed E-state index contributed by atoms with van der Waals surface area (Å²) in [6.07, 6.45) is -0.786. The summed E-state index contributed by atoms with van der Waals surface area (Å²) in [6, 6.07) is 4.53. The molecule has 0 bridgehead atoms. The zero-order valence-corrected chi connectivity index (χ0v) is 19.1. The van der Waals surface area contributed by atoms with Crippen LogP contribution in [-0.4, -0.2) is 80.5 Å². The number of amides is 2. The van der Waals surface area contributed by atoms with Crippen LogP contribution in [0.15, 0.2) is 29.2 Å². The maximum Gasteiger partial charge on any atom is 0.407 e. The smallest absolute Gasteiger partial charge is 0.407 e. The molecule has 0 spiro atoms. The van der Waals surface area contributed by atoms with Crippen LogP contribution in [0.3, 0.4) is 0 Å². The lowest BCUT2D eigenvalue weighted by Crippen LogP contribution is -2.51. The van der Waals surface area contributed by atoms with Crippen molar-refractivity contribution < 1.29 is 36.7 Å². The Kier molecular flexibility index (Phi) is 8.56. The summed E-state index contributed by atoms with van der Waals surface area (Å²) < 4.78 is 49.4. The predicted molar refractivity (Wildman–Crippen MR) is 112 cm³/mol. The van der Waals surface area contributed by atoms with Crippen LogP contribution in [0.25, 0.3) is 0 Å². The number of hydrogen-bond donors (Lipinski definition) is 1. The second-order valence-corrected chi connectivity index (χ2v) is 10.0. The molecule has 1 N–H and O–H groups in total. The van der Waals surface area contributed by atoms with Gasteiger partial charge < -0.3 is 19.7 Å². The van der Waals surface area contributed by atoms with Gasteiger partial charge in [-0.15, -0.1) is 0 Å². The van der Waals surface area contributed by atoms with Crippen molar-refractivity contribution in [1.82, 2.24) is 14.5 Å². The summed E-state index contributed by atoms with van der Waals surface area (Å²) >= 11 is 0.